The fourth-order valence-corrected chi connectivity index (χ4v) is 3.62. The first-order valence-corrected chi connectivity index (χ1v) is 10.1. The minimum atomic E-state index is -0.336. The van der Waals surface area contributed by atoms with Crippen molar-refractivity contribution in [3.05, 3.63) is 60.6 Å². The van der Waals surface area contributed by atoms with Crippen molar-refractivity contribution in [2.24, 2.45) is 0 Å². The lowest BCUT2D eigenvalue weighted by Crippen LogP contribution is -2.23. The molecule has 28 heavy (non-hydrogen) atoms. The van der Waals surface area contributed by atoms with E-state index >= 15 is 0 Å². The summed E-state index contributed by atoms with van der Waals surface area (Å²) in [6.07, 6.45) is 4.38. The van der Waals surface area contributed by atoms with Crippen LogP contribution in [0.3, 0.4) is 0 Å². The number of rotatable bonds is 8. The number of carbonyl (C=O) groups is 1. The van der Waals surface area contributed by atoms with Gasteiger partial charge in [0.05, 0.1) is 17.1 Å². The highest BCUT2D eigenvalue weighted by molar-refractivity contribution is 8.00. The largest absolute Gasteiger partial charge is 0.469 e. The Morgan fingerprint density at radius 2 is 2.07 bits per heavy atom. The van der Waals surface area contributed by atoms with Crippen LogP contribution in [0.15, 0.2) is 58.8 Å². The van der Waals surface area contributed by atoms with Crippen molar-refractivity contribution >= 4 is 23.4 Å². The summed E-state index contributed by atoms with van der Waals surface area (Å²) in [6.45, 7) is 10.2. The van der Waals surface area contributed by atoms with Crippen molar-refractivity contribution in [3.63, 3.8) is 0 Å². The van der Waals surface area contributed by atoms with Gasteiger partial charge in [-0.05, 0) is 44.0 Å². The van der Waals surface area contributed by atoms with E-state index in [9.17, 15) is 4.79 Å². The number of furan rings is 1. The number of amides is 1. The lowest BCUT2D eigenvalue weighted by Gasteiger charge is -2.13. The summed E-state index contributed by atoms with van der Waals surface area (Å²) in [7, 11) is 0. The Morgan fingerprint density at radius 1 is 1.32 bits per heavy atom. The molecule has 3 aromatic rings. The van der Waals surface area contributed by atoms with Crippen LogP contribution in [0, 0.1) is 6.92 Å². The van der Waals surface area contributed by atoms with Crippen molar-refractivity contribution in [2.45, 2.75) is 44.1 Å². The van der Waals surface area contributed by atoms with Crippen LogP contribution in [0.25, 0.3) is 11.4 Å². The molecule has 0 radical (unpaired) electrons. The second-order valence-corrected chi connectivity index (χ2v) is 7.70. The maximum absolute atomic E-state index is 12.6. The van der Waals surface area contributed by atoms with Gasteiger partial charge < -0.3 is 9.73 Å². The Bertz CT molecular complexity index is 959. The molecule has 0 aliphatic heterocycles. The third-order valence-electron chi connectivity index (χ3n) is 4.41. The van der Waals surface area contributed by atoms with E-state index in [1.54, 1.807) is 12.3 Å². The smallest absolute Gasteiger partial charge is 0.237 e. The average molecular weight is 397 g/mol. The van der Waals surface area contributed by atoms with Gasteiger partial charge in [0.15, 0.2) is 11.0 Å². The predicted octanol–water partition coefficient (Wildman–Crippen LogP) is 4.71. The maximum atomic E-state index is 12.6. The minimum absolute atomic E-state index is 0.0801. The van der Waals surface area contributed by atoms with Gasteiger partial charge in [0, 0.05) is 12.2 Å². The molecule has 0 aliphatic rings. The first kappa shape index (κ1) is 19.9. The number of carbonyl (C=O) groups excluding carboxylic acids is 1. The van der Waals surface area contributed by atoms with Crippen molar-refractivity contribution in [2.75, 3.05) is 5.32 Å². The van der Waals surface area contributed by atoms with Gasteiger partial charge >= 0.3 is 0 Å². The van der Waals surface area contributed by atoms with Gasteiger partial charge in [-0.3, -0.25) is 9.36 Å². The van der Waals surface area contributed by atoms with E-state index in [0.717, 1.165) is 23.4 Å². The van der Waals surface area contributed by atoms with Crippen molar-refractivity contribution in [3.8, 4) is 11.4 Å². The third-order valence-corrected chi connectivity index (χ3v) is 5.49. The molecule has 3 rings (SSSR count). The molecule has 0 spiro atoms. The molecule has 1 N–H and O–H groups in total. The molecule has 0 aliphatic carbocycles. The van der Waals surface area contributed by atoms with Gasteiger partial charge in [0.25, 0.3) is 0 Å². The SMILES string of the molecule is C=CCn1c(S[C@H](C)C(=O)Nc2ccc(CC)cc2)nnc1-c1ccoc1C. The molecule has 1 aromatic carbocycles. The standard InChI is InChI=1S/C21H24N4O2S/c1-5-12-25-19(18-11-13-27-14(18)3)23-24-21(25)28-15(4)20(26)22-17-9-7-16(6-2)8-10-17/h5,7-11,13,15H,1,6,12H2,2-4H3,(H,22,26)/t15-/m1/s1. The van der Waals surface area contributed by atoms with Crippen molar-refractivity contribution in [1.82, 2.24) is 14.8 Å². The second kappa shape index (κ2) is 8.93. The number of hydrogen-bond donors (Lipinski definition) is 1. The van der Waals surface area contributed by atoms with E-state index < -0.39 is 0 Å². The number of benzene rings is 1. The summed E-state index contributed by atoms with van der Waals surface area (Å²) < 4.78 is 7.33. The molecule has 6 nitrogen and oxygen atoms in total. The zero-order valence-electron chi connectivity index (χ0n) is 16.3. The Balaban J connectivity index is 1.74. The van der Waals surface area contributed by atoms with Crippen LogP contribution in [0.4, 0.5) is 5.69 Å². The Labute approximate surface area is 169 Å². The first-order valence-electron chi connectivity index (χ1n) is 9.18. The van der Waals surface area contributed by atoms with Gasteiger partial charge in [-0.25, -0.2) is 0 Å². The molecule has 0 unspecified atom stereocenters. The summed E-state index contributed by atoms with van der Waals surface area (Å²) in [4.78, 5) is 12.6. The normalized spacial score (nSPS) is 12.0. The molecule has 2 aromatic heterocycles. The highest BCUT2D eigenvalue weighted by Crippen LogP contribution is 2.29. The topological polar surface area (TPSA) is 73.0 Å². The third kappa shape index (κ3) is 4.36. The van der Waals surface area contributed by atoms with E-state index in [2.05, 4.69) is 29.0 Å². The molecular formula is C21H24N4O2S. The summed E-state index contributed by atoms with van der Waals surface area (Å²) >= 11 is 1.37. The lowest BCUT2D eigenvalue weighted by atomic mass is 10.1. The summed E-state index contributed by atoms with van der Waals surface area (Å²) in [6, 6.07) is 9.76. The molecule has 7 heteroatoms. The van der Waals surface area contributed by atoms with Crippen LogP contribution >= 0.6 is 11.8 Å². The number of thioether (sulfide) groups is 1. The number of nitrogens with zero attached hydrogens (tertiary/aromatic N) is 3. The Kier molecular flexibility index (Phi) is 6.36. The first-order chi connectivity index (χ1) is 13.5. The molecule has 0 fully saturated rings. The summed E-state index contributed by atoms with van der Waals surface area (Å²) in [5.41, 5.74) is 2.91. The average Bonchev–Trinajstić information content (AvgIpc) is 3.28. The maximum Gasteiger partial charge on any atom is 0.237 e. The van der Waals surface area contributed by atoms with E-state index in [-0.39, 0.29) is 11.2 Å². The van der Waals surface area contributed by atoms with Gasteiger partial charge in [0.2, 0.25) is 5.91 Å². The van der Waals surface area contributed by atoms with Crippen LogP contribution in [0.5, 0.6) is 0 Å². The van der Waals surface area contributed by atoms with Crippen LogP contribution in [-0.2, 0) is 17.8 Å². The van der Waals surface area contributed by atoms with Gasteiger partial charge in [0.1, 0.15) is 5.76 Å². The van der Waals surface area contributed by atoms with E-state index in [1.807, 2.05) is 48.7 Å². The Morgan fingerprint density at radius 3 is 2.68 bits per heavy atom. The van der Waals surface area contributed by atoms with Crippen molar-refractivity contribution in [1.29, 1.82) is 0 Å². The monoisotopic (exact) mass is 396 g/mol. The highest BCUT2D eigenvalue weighted by Gasteiger charge is 2.21. The van der Waals surface area contributed by atoms with Crippen LogP contribution < -0.4 is 5.32 Å². The molecular weight excluding hydrogens is 372 g/mol. The quantitative estimate of drug-likeness (QED) is 0.441. The lowest BCUT2D eigenvalue weighted by molar-refractivity contribution is -0.115. The van der Waals surface area contributed by atoms with Crippen molar-refractivity contribution < 1.29 is 9.21 Å². The Hall–Kier alpha value is -2.80. The fraction of sp³-hybridized carbons (Fsp3) is 0.286. The number of anilines is 1. The predicted molar refractivity (Wildman–Crippen MR) is 112 cm³/mol. The van der Waals surface area contributed by atoms with Crippen LogP contribution in [0.1, 0.15) is 25.2 Å². The molecule has 2 heterocycles. The molecule has 0 saturated carbocycles. The minimum Gasteiger partial charge on any atom is -0.469 e. The zero-order chi connectivity index (χ0) is 20.1. The van der Waals surface area contributed by atoms with E-state index in [1.165, 1.54) is 17.3 Å². The van der Waals surface area contributed by atoms with Gasteiger partial charge in [-0.15, -0.1) is 16.8 Å². The number of nitrogens with one attached hydrogen (secondary N) is 1. The van der Waals surface area contributed by atoms with Gasteiger partial charge in [-0.1, -0.05) is 36.9 Å². The molecule has 1 atom stereocenters. The van der Waals surface area contributed by atoms with Crippen LogP contribution in [-0.4, -0.2) is 25.9 Å². The molecule has 146 valence electrons. The zero-order valence-corrected chi connectivity index (χ0v) is 17.1. The molecule has 0 saturated heterocycles. The molecule has 1 amide bonds. The fourth-order valence-electron chi connectivity index (χ4n) is 2.77. The highest BCUT2D eigenvalue weighted by atomic mass is 32.2. The number of allylic oxidation sites excluding steroid dienone is 1. The second-order valence-electron chi connectivity index (χ2n) is 6.40. The summed E-state index contributed by atoms with van der Waals surface area (Å²) in [5.74, 6) is 1.40. The number of aryl methyl sites for hydroxylation is 2. The van der Waals surface area contributed by atoms with Crippen LogP contribution in [0.2, 0.25) is 0 Å². The molecule has 0 bridgehead atoms. The number of aromatic nitrogens is 3. The van der Waals surface area contributed by atoms with E-state index in [4.69, 9.17) is 4.42 Å². The summed E-state index contributed by atoms with van der Waals surface area (Å²) in [5, 5.41) is 11.9. The number of hydrogen-bond acceptors (Lipinski definition) is 5. The van der Waals surface area contributed by atoms with Gasteiger partial charge in [-0.2, -0.15) is 0 Å². The van der Waals surface area contributed by atoms with E-state index in [0.29, 0.717) is 17.5 Å².